The second-order valence-corrected chi connectivity index (χ2v) is 6.01. The van der Waals surface area contributed by atoms with E-state index in [0.29, 0.717) is 6.04 Å². The first-order valence-corrected chi connectivity index (χ1v) is 8.32. The van der Waals surface area contributed by atoms with Gasteiger partial charge in [0.25, 0.3) is 0 Å². The monoisotopic (exact) mass is 354 g/mol. The molecule has 1 aliphatic heterocycles. The fourth-order valence-corrected chi connectivity index (χ4v) is 3.47. The molecule has 128 valence electrons. The summed E-state index contributed by atoms with van der Waals surface area (Å²) in [5.41, 5.74) is 1.52. The lowest BCUT2D eigenvalue weighted by Crippen LogP contribution is -2.45. The lowest BCUT2D eigenvalue weighted by molar-refractivity contribution is 0.164. The molecule has 1 N–H and O–H groups in total. The maximum absolute atomic E-state index is 3.47. The van der Waals surface area contributed by atoms with Gasteiger partial charge in [-0.15, -0.1) is 24.8 Å². The minimum absolute atomic E-state index is 0. The van der Waals surface area contributed by atoms with Crippen LogP contribution in [0.1, 0.15) is 37.8 Å². The first-order chi connectivity index (χ1) is 10.4. The van der Waals surface area contributed by atoms with E-state index >= 15 is 0 Å². The molecule has 0 aliphatic carbocycles. The van der Waals surface area contributed by atoms with Gasteiger partial charge >= 0.3 is 0 Å². The van der Waals surface area contributed by atoms with Crippen LogP contribution in [0.5, 0.6) is 0 Å². The van der Waals surface area contributed by atoms with Crippen LogP contribution < -0.4 is 5.32 Å². The van der Waals surface area contributed by atoms with Crippen molar-refractivity contribution in [2.24, 2.45) is 0 Å². The Morgan fingerprint density at radius 1 is 1.00 bits per heavy atom. The predicted molar refractivity (Wildman–Crippen MR) is 105 cm³/mol. The van der Waals surface area contributed by atoms with E-state index in [-0.39, 0.29) is 24.8 Å². The van der Waals surface area contributed by atoms with Gasteiger partial charge in [-0.3, -0.25) is 4.90 Å². The molecule has 0 amide bonds. The number of nitrogens with zero attached hydrogens (tertiary/aromatic N) is 1. The molecular weight excluding hydrogens is 327 g/mol. The fraction of sp³-hybridized carbons (Fsp3) is 0.474. The second-order valence-electron chi connectivity index (χ2n) is 6.01. The van der Waals surface area contributed by atoms with Gasteiger partial charge in [0, 0.05) is 32.2 Å². The molecule has 2 aromatic carbocycles. The van der Waals surface area contributed by atoms with Gasteiger partial charge in [0.2, 0.25) is 0 Å². The molecule has 0 unspecified atom stereocenters. The Hall–Kier alpha value is -0.800. The highest BCUT2D eigenvalue weighted by molar-refractivity contribution is 5.86. The summed E-state index contributed by atoms with van der Waals surface area (Å²) in [5.74, 6) is 0. The second kappa shape index (κ2) is 10.1. The maximum Gasteiger partial charge on any atom is 0.0355 e. The smallest absolute Gasteiger partial charge is 0.0355 e. The summed E-state index contributed by atoms with van der Waals surface area (Å²) in [5, 5.41) is 6.27. The highest BCUT2D eigenvalue weighted by Crippen LogP contribution is 2.32. The quantitative estimate of drug-likeness (QED) is 0.827. The summed E-state index contributed by atoms with van der Waals surface area (Å²) in [6.45, 7) is 6.86. The lowest BCUT2D eigenvalue weighted by atomic mass is 9.93. The van der Waals surface area contributed by atoms with Crippen molar-refractivity contribution in [2.75, 3.05) is 26.2 Å². The number of hydrogen-bond acceptors (Lipinski definition) is 2. The molecule has 1 heterocycles. The average Bonchev–Trinajstić information content (AvgIpc) is 2.56. The third-order valence-corrected chi connectivity index (χ3v) is 4.61. The summed E-state index contributed by atoms with van der Waals surface area (Å²) in [7, 11) is 0. The normalized spacial score (nSPS) is 16.4. The SMILES string of the molecule is CCCC[C@H](c1cccc2ccccc12)N1CCNCC1.Cl.Cl. The van der Waals surface area contributed by atoms with Crippen molar-refractivity contribution in [3.8, 4) is 0 Å². The van der Waals surface area contributed by atoms with Crippen molar-refractivity contribution < 1.29 is 0 Å². The van der Waals surface area contributed by atoms with Crippen molar-refractivity contribution in [3.63, 3.8) is 0 Å². The third kappa shape index (κ3) is 4.84. The van der Waals surface area contributed by atoms with Crippen molar-refractivity contribution in [3.05, 3.63) is 48.0 Å². The van der Waals surface area contributed by atoms with Crippen molar-refractivity contribution in [1.82, 2.24) is 10.2 Å². The topological polar surface area (TPSA) is 15.3 Å². The van der Waals surface area contributed by atoms with E-state index in [9.17, 15) is 0 Å². The Labute approximate surface area is 152 Å². The van der Waals surface area contributed by atoms with Crippen LogP contribution in [0.25, 0.3) is 10.8 Å². The molecule has 0 spiro atoms. The van der Waals surface area contributed by atoms with Crippen LogP contribution in [-0.2, 0) is 0 Å². The van der Waals surface area contributed by atoms with Crippen molar-refractivity contribution in [1.29, 1.82) is 0 Å². The van der Waals surface area contributed by atoms with Crippen LogP contribution in [0.2, 0.25) is 0 Å². The van der Waals surface area contributed by atoms with E-state index in [1.54, 1.807) is 0 Å². The Kier molecular flexibility index (Phi) is 8.93. The molecule has 2 aromatic rings. The van der Waals surface area contributed by atoms with Crippen molar-refractivity contribution in [2.45, 2.75) is 32.2 Å². The van der Waals surface area contributed by atoms with Crippen LogP contribution in [0.15, 0.2) is 42.5 Å². The Morgan fingerprint density at radius 3 is 2.43 bits per heavy atom. The molecule has 0 radical (unpaired) electrons. The zero-order valence-corrected chi connectivity index (χ0v) is 15.5. The highest BCUT2D eigenvalue weighted by atomic mass is 35.5. The molecule has 1 atom stereocenters. The third-order valence-electron chi connectivity index (χ3n) is 4.61. The number of halogens is 2. The van der Waals surface area contributed by atoms with E-state index in [4.69, 9.17) is 0 Å². The van der Waals surface area contributed by atoms with Gasteiger partial charge in [0.05, 0.1) is 0 Å². The molecule has 23 heavy (non-hydrogen) atoms. The van der Waals surface area contributed by atoms with Gasteiger partial charge in [-0.25, -0.2) is 0 Å². The molecule has 4 heteroatoms. The van der Waals surface area contributed by atoms with Crippen LogP contribution in [-0.4, -0.2) is 31.1 Å². The summed E-state index contributed by atoms with van der Waals surface area (Å²) in [4.78, 5) is 2.67. The fourth-order valence-electron chi connectivity index (χ4n) is 3.47. The van der Waals surface area contributed by atoms with Gasteiger partial charge in [-0.1, -0.05) is 62.2 Å². The van der Waals surface area contributed by atoms with E-state index in [1.807, 2.05) is 0 Å². The maximum atomic E-state index is 3.47. The summed E-state index contributed by atoms with van der Waals surface area (Å²) in [6, 6.07) is 16.2. The minimum atomic E-state index is 0. The van der Waals surface area contributed by atoms with Crippen LogP contribution in [0.4, 0.5) is 0 Å². The summed E-state index contributed by atoms with van der Waals surface area (Å²) >= 11 is 0. The van der Waals surface area contributed by atoms with Crippen LogP contribution >= 0.6 is 24.8 Å². The van der Waals surface area contributed by atoms with Gasteiger partial charge in [0.15, 0.2) is 0 Å². The van der Waals surface area contributed by atoms with E-state index in [1.165, 1.54) is 35.6 Å². The molecule has 1 aliphatic rings. The number of rotatable bonds is 5. The number of benzene rings is 2. The van der Waals surface area contributed by atoms with Gasteiger partial charge in [-0.2, -0.15) is 0 Å². The largest absolute Gasteiger partial charge is 0.314 e. The number of piperazine rings is 1. The number of nitrogens with one attached hydrogen (secondary N) is 1. The van der Waals surface area contributed by atoms with E-state index < -0.39 is 0 Å². The Bertz CT molecular complexity index is 577. The molecule has 1 fully saturated rings. The van der Waals surface area contributed by atoms with Crippen LogP contribution in [0, 0.1) is 0 Å². The Balaban J connectivity index is 0.00000132. The molecular formula is C19H28Cl2N2. The van der Waals surface area contributed by atoms with Crippen LogP contribution in [0.3, 0.4) is 0 Å². The minimum Gasteiger partial charge on any atom is -0.314 e. The first-order valence-electron chi connectivity index (χ1n) is 8.32. The number of hydrogen-bond donors (Lipinski definition) is 1. The highest BCUT2D eigenvalue weighted by Gasteiger charge is 2.22. The molecule has 2 nitrogen and oxygen atoms in total. The molecule has 0 bridgehead atoms. The lowest BCUT2D eigenvalue weighted by Gasteiger charge is -2.36. The molecule has 0 aromatic heterocycles. The van der Waals surface area contributed by atoms with Gasteiger partial charge in [-0.05, 0) is 22.8 Å². The number of fused-ring (bicyclic) bond motifs is 1. The summed E-state index contributed by atoms with van der Waals surface area (Å²) in [6.07, 6.45) is 3.84. The van der Waals surface area contributed by atoms with Crippen molar-refractivity contribution >= 4 is 35.6 Å². The van der Waals surface area contributed by atoms with Gasteiger partial charge < -0.3 is 5.32 Å². The first kappa shape index (κ1) is 20.2. The van der Waals surface area contributed by atoms with E-state index in [2.05, 4.69) is 59.6 Å². The van der Waals surface area contributed by atoms with E-state index in [0.717, 1.165) is 26.2 Å². The molecule has 0 saturated carbocycles. The standard InChI is InChI=1S/C19H26N2.2ClH/c1-2-3-11-19(21-14-12-20-13-15-21)18-10-6-8-16-7-4-5-9-17(16)18;;/h4-10,19-20H,2-3,11-15H2,1H3;2*1H/t19-;;/m1../s1. The zero-order chi connectivity index (χ0) is 14.5. The van der Waals surface area contributed by atoms with Gasteiger partial charge in [0.1, 0.15) is 0 Å². The molecule has 1 saturated heterocycles. The predicted octanol–water partition coefficient (Wildman–Crippen LogP) is 4.82. The molecule has 3 rings (SSSR count). The average molecular weight is 355 g/mol. The zero-order valence-electron chi connectivity index (χ0n) is 13.8. The Morgan fingerprint density at radius 2 is 1.70 bits per heavy atom. The summed E-state index contributed by atoms with van der Waals surface area (Å²) < 4.78 is 0. The number of unbranched alkanes of at least 4 members (excludes halogenated alkanes) is 1.